The molecule has 48 heavy (non-hydrogen) atoms. The molecule has 0 bridgehead atoms. The van der Waals surface area contributed by atoms with Crippen LogP contribution in [0.5, 0.6) is 0 Å². The third-order valence-electron chi connectivity index (χ3n) is 9.52. The number of rotatable bonds is 34. The molecule has 2 unspecified atom stereocenters. The van der Waals surface area contributed by atoms with Gasteiger partial charge in [0, 0.05) is 19.4 Å². The number of nitrogens with zero attached hydrogens (tertiary/aromatic N) is 1. The molecule has 0 amide bonds. The van der Waals surface area contributed by atoms with Crippen LogP contribution >= 0.6 is 0 Å². The van der Waals surface area contributed by atoms with Crippen LogP contribution in [-0.4, -0.2) is 44.0 Å². The SMILES string of the molecule is CCCCCC/C=C\C/C=C\C/C=C\CCCCC1(CCCCCCCC/C=C\C/C=C\CCCCCCC)OCC(CCN(C)C)O1. The average molecular weight is 668 g/mol. The van der Waals surface area contributed by atoms with Crippen molar-refractivity contribution in [1.29, 1.82) is 0 Å². The van der Waals surface area contributed by atoms with E-state index < -0.39 is 0 Å². The third-order valence-corrected chi connectivity index (χ3v) is 9.52. The Balaban J connectivity index is 2.18. The molecule has 0 spiro atoms. The van der Waals surface area contributed by atoms with Crippen molar-refractivity contribution >= 4 is 0 Å². The maximum absolute atomic E-state index is 6.66. The van der Waals surface area contributed by atoms with E-state index in [0.29, 0.717) is 0 Å². The van der Waals surface area contributed by atoms with Crippen LogP contribution in [-0.2, 0) is 9.47 Å². The molecular weight excluding hydrogens is 587 g/mol. The fourth-order valence-electron chi connectivity index (χ4n) is 6.41. The van der Waals surface area contributed by atoms with E-state index in [4.69, 9.17) is 9.47 Å². The van der Waals surface area contributed by atoms with Gasteiger partial charge in [0.15, 0.2) is 5.79 Å². The lowest BCUT2D eigenvalue weighted by molar-refractivity contribution is -0.180. The molecule has 0 saturated carbocycles. The summed E-state index contributed by atoms with van der Waals surface area (Å²) in [5, 5.41) is 0. The van der Waals surface area contributed by atoms with E-state index in [0.717, 1.165) is 58.1 Å². The highest BCUT2D eigenvalue weighted by Crippen LogP contribution is 2.35. The molecule has 3 nitrogen and oxygen atoms in total. The molecule has 3 heteroatoms. The first-order chi connectivity index (χ1) is 23.6. The first-order valence-electron chi connectivity index (χ1n) is 20.8. The summed E-state index contributed by atoms with van der Waals surface area (Å²) in [4.78, 5) is 2.25. The van der Waals surface area contributed by atoms with Crippen molar-refractivity contribution in [2.24, 2.45) is 0 Å². The van der Waals surface area contributed by atoms with Crippen LogP contribution < -0.4 is 0 Å². The normalized spacial score (nSPS) is 18.9. The maximum Gasteiger partial charge on any atom is 0.168 e. The van der Waals surface area contributed by atoms with E-state index in [1.54, 1.807) is 0 Å². The minimum Gasteiger partial charge on any atom is -0.347 e. The van der Waals surface area contributed by atoms with E-state index in [1.807, 2.05) is 0 Å². The molecule has 1 aliphatic heterocycles. The molecule has 1 heterocycles. The van der Waals surface area contributed by atoms with Gasteiger partial charge in [-0.25, -0.2) is 0 Å². The first-order valence-corrected chi connectivity index (χ1v) is 20.8. The van der Waals surface area contributed by atoms with Crippen molar-refractivity contribution in [2.45, 2.75) is 199 Å². The summed E-state index contributed by atoms with van der Waals surface area (Å²) in [6.07, 6.45) is 57.4. The fraction of sp³-hybridized carbons (Fsp3) is 0.778. The largest absolute Gasteiger partial charge is 0.347 e. The van der Waals surface area contributed by atoms with Crippen LogP contribution in [0.25, 0.3) is 0 Å². The zero-order chi connectivity index (χ0) is 34.6. The molecule has 0 N–H and O–H groups in total. The number of hydrogen-bond acceptors (Lipinski definition) is 3. The molecule has 0 aromatic heterocycles. The Morgan fingerprint density at radius 2 is 0.875 bits per heavy atom. The van der Waals surface area contributed by atoms with E-state index in [-0.39, 0.29) is 11.9 Å². The zero-order valence-corrected chi connectivity index (χ0v) is 32.6. The second-order valence-electron chi connectivity index (χ2n) is 14.6. The Labute approximate surface area is 300 Å². The molecule has 1 rings (SSSR count). The van der Waals surface area contributed by atoms with Crippen LogP contribution in [0.2, 0.25) is 0 Å². The molecule has 0 aromatic rings. The van der Waals surface area contributed by atoms with Crippen molar-refractivity contribution in [3.63, 3.8) is 0 Å². The first kappa shape index (κ1) is 44.6. The number of hydrogen-bond donors (Lipinski definition) is 0. The minimum atomic E-state index is -0.346. The van der Waals surface area contributed by atoms with Gasteiger partial charge in [-0.3, -0.25) is 0 Å². The molecule has 0 aliphatic carbocycles. The molecule has 1 fully saturated rings. The summed E-state index contributed by atoms with van der Waals surface area (Å²) in [5.41, 5.74) is 0. The molecule has 0 aromatic carbocycles. The third kappa shape index (κ3) is 28.4. The Morgan fingerprint density at radius 1 is 0.500 bits per heavy atom. The predicted octanol–water partition coefficient (Wildman–Crippen LogP) is 14.0. The standard InChI is InChI=1S/C45H81NO2/c1-5-7-9-11-13-15-17-19-21-23-24-26-28-30-32-34-36-38-41-45(47-43-44(48-45)39-42-46(3)4)40-37-35-33-31-29-27-25-22-20-18-16-14-12-10-8-6-2/h16-19,22-25,29,31,44H,5-15,20-21,26-28,30,32-43H2,1-4H3/b18-16-,19-17-,24-23-,25-22-,31-29-. The van der Waals surface area contributed by atoms with Crippen molar-refractivity contribution in [3.05, 3.63) is 60.8 Å². The zero-order valence-electron chi connectivity index (χ0n) is 32.6. The summed E-state index contributed by atoms with van der Waals surface area (Å²) >= 11 is 0. The fourth-order valence-corrected chi connectivity index (χ4v) is 6.41. The van der Waals surface area contributed by atoms with Gasteiger partial charge in [0.1, 0.15) is 0 Å². The molecule has 2 atom stereocenters. The summed E-state index contributed by atoms with van der Waals surface area (Å²) < 4.78 is 13.1. The van der Waals surface area contributed by atoms with E-state index in [1.165, 1.54) is 128 Å². The monoisotopic (exact) mass is 668 g/mol. The average Bonchev–Trinajstić information content (AvgIpc) is 3.49. The van der Waals surface area contributed by atoms with Gasteiger partial charge in [-0.05, 0) is 104 Å². The number of unbranched alkanes of at least 4 members (excludes halogenated alkanes) is 17. The minimum absolute atomic E-state index is 0.245. The van der Waals surface area contributed by atoms with Crippen LogP contribution in [0.1, 0.15) is 187 Å². The van der Waals surface area contributed by atoms with E-state index in [9.17, 15) is 0 Å². The van der Waals surface area contributed by atoms with Gasteiger partial charge in [0.25, 0.3) is 0 Å². The lowest BCUT2D eigenvalue weighted by Gasteiger charge is -2.28. The van der Waals surface area contributed by atoms with Crippen LogP contribution in [0.4, 0.5) is 0 Å². The highest BCUT2D eigenvalue weighted by molar-refractivity contribution is 4.97. The van der Waals surface area contributed by atoms with Gasteiger partial charge >= 0.3 is 0 Å². The van der Waals surface area contributed by atoms with Crippen molar-refractivity contribution in [3.8, 4) is 0 Å². The Hall–Kier alpha value is -1.42. The quantitative estimate of drug-likeness (QED) is 0.0503. The van der Waals surface area contributed by atoms with Crippen LogP contribution in [0.3, 0.4) is 0 Å². The highest BCUT2D eigenvalue weighted by Gasteiger charge is 2.40. The van der Waals surface area contributed by atoms with E-state index >= 15 is 0 Å². The Kier molecular flexibility index (Phi) is 31.6. The van der Waals surface area contributed by atoms with Gasteiger partial charge in [0.2, 0.25) is 0 Å². The number of ether oxygens (including phenoxy) is 2. The van der Waals surface area contributed by atoms with Gasteiger partial charge in [0.05, 0.1) is 12.7 Å². The second-order valence-corrected chi connectivity index (χ2v) is 14.6. The molecule has 278 valence electrons. The lowest BCUT2D eigenvalue weighted by atomic mass is 9.99. The molecule has 1 aliphatic rings. The molecule has 0 radical (unpaired) electrons. The smallest absolute Gasteiger partial charge is 0.168 e. The van der Waals surface area contributed by atoms with Crippen molar-refractivity contribution in [1.82, 2.24) is 4.90 Å². The van der Waals surface area contributed by atoms with Crippen molar-refractivity contribution in [2.75, 3.05) is 27.2 Å². The Morgan fingerprint density at radius 3 is 1.35 bits per heavy atom. The lowest BCUT2D eigenvalue weighted by Crippen LogP contribution is -2.31. The number of allylic oxidation sites excluding steroid dienone is 10. The van der Waals surface area contributed by atoms with Gasteiger partial charge in [-0.1, -0.05) is 145 Å². The molecule has 1 saturated heterocycles. The van der Waals surface area contributed by atoms with E-state index in [2.05, 4.69) is 93.6 Å². The predicted molar refractivity (Wildman–Crippen MR) is 214 cm³/mol. The topological polar surface area (TPSA) is 21.7 Å². The summed E-state index contributed by atoms with van der Waals surface area (Å²) in [6.45, 7) is 6.37. The summed E-state index contributed by atoms with van der Waals surface area (Å²) in [7, 11) is 4.29. The highest BCUT2D eigenvalue weighted by atomic mass is 16.7. The second kappa shape index (κ2) is 34.0. The van der Waals surface area contributed by atoms with Gasteiger partial charge in [-0.15, -0.1) is 0 Å². The summed E-state index contributed by atoms with van der Waals surface area (Å²) in [6, 6.07) is 0. The van der Waals surface area contributed by atoms with Crippen LogP contribution in [0.15, 0.2) is 60.8 Å². The van der Waals surface area contributed by atoms with Gasteiger partial charge < -0.3 is 14.4 Å². The van der Waals surface area contributed by atoms with Crippen molar-refractivity contribution < 1.29 is 9.47 Å². The van der Waals surface area contributed by atoms with Crippen LogP contribution in [0, 0.1) is 0 Å². The maximum atomic E-state index is 6.66. The van der Waals surface area contributed by atoms with Gasteiger partial charge in [-0.2, -0.15) is 0 Å². The molecular formula is C45H81NO2. The Bertz CT molecular complexity index is 825. The summed E-state index contributed by atoms with van der Waals surface area (Å²) in [5.74, 6) is -0.346.